The molecule has 0 spiro atoms. The molecule has 52 heavy (non-hydrogen) atoms. The van der Waals surface area contributed by atoms with Crippen molar-refractivity contribution in [1.82, 2.24) is 9.13 Å². The van der Waals surface area contributed by atoms with Crippen LogP contribution in [0.4, 0.5) is 0 Å². The summed E-state index contributed by atoms with van der Waals surface area (Å²) < 4.78 is 4.46. The summed E-state index contributed by atoms with van der Waals surface area (Å²) in [5.74, 6) is 0. The van der Waals surface area contributed by atoms with Crippen LogP contribution in [-0.4, -0.2) is 9.13 Å². The highest BCUT2D eigenvalue weighted by molar-refractivity contribution is 6.30. The van der Waals surface area contributed by atoms with Gasteiger partial charge in [0.2, 0.25) is 0 Å². The molecule has 11 rings (SSSR count). The molecule has 0 N–H and O–H groups in total. The molecule has 0 saturated carbocycles. The van der Waals surface area contributed by atoms with Gasteiger partial charge in [-0.25, -0.2) is 0 Å². The number of nitriles is 2. The normalized spacial score (nSPS) is 11.8. The fraction of sp³-hybridized carbons (Fsp3) is 0. The van der Waals surface area contributed by atoms with E-state index in [1.165, 1.54) is 0 Å². The maximum Gasteiger partial charge on any atom is 0.101 e. The monoisotopic (exact) mass is 658 g/mol. The lowest BCUT2D eigenvalue weighted by Crippen LogP contribution is -2.04. The summed E-state index contributed by atoms with van der Waals surface area (Å²) in [6, 6.07) is 60.1. The highest BCUT2D eigenvalue weighted by Gasteiger charge is 2.24. The Balaban J connectivity index is 1.33. The van der Waals surface area contributed by atoms with Crippen LogP contribution in [0.15, 0.2) is 158 Å². The molecule has 0 atom stereocenters. The Hall–Kier alpha value is -7.40. The Kier molecular flexibility index (Phi) is 5.77. The van der Waals surface area contributed by atoms with Crippen molar-refractivity contribution in [3.63, 3.8) is 0 Å². The van der Waals surface area contributed by atoms with Gasteiger partial charge >= 0.3 is 0 Å². The molecule has 0 amide bonds. The number of benzene rings is 9. The maximum atomic E-state index is 10.7. The van der Waals surface area contributed by atoms with Crippen molar-refractivity contribution in [3.8, 4) is 23.5 Å². The number of hydrogen-bond acceptors (Lipinski definition) is 2. The predicted molar refractivity (Wildman–Crippen MR) is 215 cm³/mol. The zero-order chi connectivity index (χ0) is 34.5. The van der Waals surface area contributed by atoms with Crippen molar-refractivity contribution in [1.29, 1.82) is 10.5 Å². The van der Waals surface area contributed by atoms with Crippen LogP contribution in [0.25, 0.3) is 98.1 Å². The quantitative estimate of drug-likeness (QED) is 0.186. The topological polar surface area (TPSA) is 57.4 Å². The molecular weight excluding hydrogens is 633 g/mol. The average molecular weight is 659 g/mol. The third-order valence-electron chi connectivity index (χ3n) is 10.9. The number of aromatic nitrogens is 2. The summed E-state index contributed by atoms with van der Waals surface area (Å²) in [6.45, 7) is 0. The first-order valence-electron chi connectivity index (χ1n) is 17.4. The van der Waals surface area contributed by atoms with Crippen LogP contribution >= 0.6 is 0 Å². The van der Waals surface area contributed by atoms with E-state index >= 15 is 0 Å². The number of rotatable bonds is 2. The second-order valence-corrected chi connectivity index (χ2v) is 13.5. The Bertz CT molecular complexity index is 3020. The second-order valence-electron chi connectivity index (χ2n) is 13.5. The molecular formula is C48H26N4. The van der Waals surface area contributed by atoms with Crippen molar-refractivity contribution in [3.05, 3.63) is 169 Å². The zero-order valence-corrected chi connectivity index (χ0v) is 27.8. The Morgan fingerprint density at radius 1 is 0.327 bits per heavy atom. The summed E-state index contributed by atoms with van der Waals surface area (Å²) in [4.78, 5) is 0. The molecule has 0 fully saturated rings. The smallest absolute Gasteiger partial charge is 0.101 e. The minimum absolute atomic E-state index is 0.442. The minimum atomic E-state index is 0.442. The van der Waals surface area contributed by atoms with Crippen molar-refractivity contribution >= 4 is 86.7 Å². The maximum absolute atomic E-state index is 10.7. The van der Waals surface area contributed by atoms with Gasteiger partial charge < -0.3 is 9.13 Å². The molecule has 0 aliphatic rings. The van der Waals surface area contributed by atoms with Gasteiger partial charge in [0.05, 0.1) is 44.6 Å². The van der Waals surface area contributed by atoms with Gasteiger partial charge in [-0.05, 0) is 79.5 Å². The van der Waals surface area contributed by atoms with E-state index in [2.05, 4.69) is 173 Å². The van der Waals surface area contributed by atoms with E-state index in [9.17, 15) is 10.5 Å². The molecule has 0 saturated heterocycles. The Morgan fingerprint density at radius 2 is 0.615 bits per heavy atom. The van der Waals surface area contributed by atoms with Crippen LogP contribution in [0.1, 0.15) is 11.1 Å². The molecule has 0 bridgehead atoms. The van der Waals surface area contributed by atoms with E-state index in [4.69, 9.17) is 0 Å². The summed E-state index contributed by atoms with van der Waals surface area (Å²) in [6.07, 6.45) is 0. The summed E-state index contributed by atoms with van der Waals surface area (Å²) >= 11 is 0. The van der Waals surface area contributed by atoms with Crippen LogP contribution in [0.3, 0.4) is 0 Å². The largest absolute Gasteiger partial charge is 0.308 e. The van der Waals surface area contributed by atoms with Crippen molar-refractivity contribution in [2.45, 2.75) is 0 Å². The van der Waals surface area contributed by atoms with E-state index < -0.39 is 0 Å². The highest BCUT2D eigenvalue weighted by atomic mass is 15.0. The number of nitrogens with zero attached hydrogens (tertiary/aromatic N) is 4. The second kappa shape index (κ2) is 10.6. The van der Waals surface area contributed by atoms with Gasteiger partial charge in [-0.15, -0.1) is 0 Å². The summed E-state index contributed by atoms with van der Waals surface area (Å²) in [7, 11) is 0. The lowest BCUT2D eigenvalue weighted by Gasteiger charge is -2.16. The van der Waals surface area contributed by atoms with Gasteiger partial charge in [0, 0.05) is 21.5 Å². The van der Waals surface area contributed by atoms with E-state index in [0.717, 1.165) is 98.1 Å². The van der Waals surface area contributed by atoms with Crippen LogP contribution in [-0.2, 0) is 0 Å². The van der Waals surface area contributed by atoms with Crippen molar-refractivity contribution in [2.75, 3.05) is 0 Å². The third kappa shape index (κ3) is 3.73. The van der Waals surface area contributed by atoms with Crippen molar-refractivity contribution in [2.24, 2.45) is 0 Å². The molecule has 2 aromatic heterocycles. The minimum Gasteiger partial charge on any atom is -0.308 e. The van der Waals surface area contributed by atoms with Crippen molar-refractivity contribution < 1.29 is 0 Å². The van der Waals surface area contributed by atoms with Crippen LogP contribution in [0, 0.1) is 22.7 Å². The lowest BCUT2D eigenvalue weighted by atomic mass is 10.00. The molecule has 4 nitrogen and oxygen atoms in total. The van der Waals surface area contributed by atoms with Gasteiger partial charge in [-0.3, -0.25) is 0 Å². The van der Waals surface area contributed by atoms with E-state index in [-0.39, 0.29) is 0 Å². The van der Waals surface area contributed by atoms with E-state index in [1.807, 2.05) is 0 Å². The SMILES string of the molecule is N#Cc1cc(C#N)c(-n2c3ccc4ccccc4c3c3c4ccccc4ccc32)cc1-n1c2ccc3ccccc3c2c2c3ccccc3ccc21. The van der Waals surface area contributed by atoms with Gasteiger partial charge in [-0.1, -0.05) is 121 Å². The first-order valence-corrected chi connectivity index (χ1v) is 17.4. The number of fused-ring (bicyclic) bond motifs is 14. The zero-order valence-electron chi connectivity index (χ0n) is 27.8. The molecule has 4 heteroatoms. The molecule has 11 aromatic rings. The standard InChI is InChI=1S/C48H26N4/c49-27-33-25-34(28-50)44(52-41-23-19-31-11-3-7-15-37(31)47(41)48-38-16-8-4-12-32(38)20-24-42(48)52)26-43(33)51-39-21-17-29-9-1-5-13-35(29)45(39)46-36-14-6-2-10-30(36)18-22-40(46)51/h1-26H. The Morgan fingerprint density at radius 3 is 0.904 bits per heavy atom. The first-order chi connectivity index (χ1) is 25.7. The molecule has 2 heterocycles. The third-order valence-corrected chi connectivity index (χ3v) is 10.9. The lowest BCUT2D eigenvalue weighted by molar-refractivity contribution is 1.12. The molecule has 238 valence electrons. The molecule has 0 unspecified atom stereocenters. The van der Waals surface area contributed by atoms with Gasteiger partial charge in [-0.2, -0.15) is 10.5 Å². The van der Waals surface area contributed by atoms with E-state index in [0.29, 0.717) is 11.1 Å². The number of hydrogen-bond donors (Lipinski definition) is 0. The van der Waals surface area contributed by atoms with Gasteiger partial charge in [0.25, 0.3) is 0 Å². The molecule has 0 aliphatic carbocycles. The van der Waals surface area contributed by atoms with Gasteiger partial charge in [0.1, 0.15) is 12.1 Å². The molecule has 0 aliphatic heterocycles. The van der Waals surface area contributed by atoms with E-state index in [1.54, 1.807) is 6.07 Å². The van der Waals surface area contributed by atoms with Gasteiger partial charge in [0.15, 0.2) is 0 Å². The predicted octanol–water partition coefficient (Wildman–Crippen LogP) is 12.2. The van der Waals surface area contributed by atoms with Crippen LogP contribution in [0.5, 0.6) is 0 Å². The Labute approximate surface area is 297 Å². The van der Waals surface area contributed by atoms with Crippen LogP contribution < -0.4 is 0 Å². The summed E-state index contributed by atoms with van der Waals surface area (Å²) in [5, 5.41) is 35.4. The molecule has 9 aromatic carbocycles. The van der Waals surface area contributed by atoms with Crippen LogP contribution in [0.2, 0.25) is 0 Å². The fourth-order valence-electron chi connectivity index (χ4n) is 8.74. The summed E-state index contributed by atoms with van der Waals surface area (Å²) in [5.41, 5.74) is 6.40. The fourth-order valence-corrected chi connectivity index (χ4v) is 8.74. The molecule has 0 radical (unpaired) electrons. The first kappa shape index (κ1) is 28.4. The average Bonchev–Trinajstić information content (AvgIpc) is 3.74. The highest BCUT2D eigenvalue weighted by Crippen LogP contribution is 2.44.